The summed E-state index contributed by atoms with van der Waals surface area (Å²) in [6.45, 7) is 9.99. The molecule has 0 amide bonds. The van der Waals surface area contributed by atoms with Gasteiger partial charge in [0, 0.05) is 29.2 Å². The second kappa shape index (κ2) is 6.25. The number of carbonyl (C=O) groups excluding carboxylic acids is 3. The molecule has 0 unspecified atom stereocenters. The van der Waals surface area contributed by atoms with Crippen molar-refractivity contribution in [1.29, 1.82) is 0 Å². The van der Waals surface area contributed by atoms with Gasteiger partial charge in [-0.2, -0.15) is 0 Å². The summed E-state index contributed by atoms with van der Waals surface area (Å²) in [5.74, 6) is -2.03. The van der Waals surface area contributed by atoms with E-state index in [0.29, 0.717) is 5.57 Å². The fourth-order valence-corrected chi connectivity index (χ4v) is 3.35. The topological polar surface area (TPSA) is 99.1 Å². The van der Waals surface area contributed by atoms with Crippen LogP contribution in [0, 0.1) is 5.92 Å². The number of ether oxygens (including phenoxy) is 3. The van der Waals surface area contributed by atoms with Gasteiger partial charge in [0.05, 0.1) is 12.5 Å². The van der Waals surface area contributed by atoms with E-state index in [1.165, 1.54) is 19.1 Å². The fraction of sp³-hybridized carbons (Fsp3) is 0.421. The quantitative estimate of drug-likeness (QED) is 0.595. The van der Waals surface area contributed by atoms with Crippen molar-refractivity contribution in [2.45, 2.75) is 38.1 Å². The highest BCUT2D eigenvalue weighted by Crippen LogP contribution is 2.42. The molecule has 0 aromatic heterocycles. The standard InChI is InChI=1S/C19H20O7/c1-9(2)17(22)25-14-7-19(4)15(21)6-12(26-19)11(8-20)5-13-16(14)10(3)18(23)24-13/h5-6,13-14,16,20H,1,3,7-8H2,2,4H3/b11-5-/t13-,14+,16-,19-/m1/s1. The lowest BCUT2D eigenvalue weighted by Crippen LogP contribution is -2.42. The van der Waals surface area contributed by atoms with Gasteiger partial charge >= 0.3 is 11.9 Å². The van der Waals surface area contributed by atoms with E-state index in [-0.39, 0.29) is 29.1 Å². The van der Waals surface area contributed by atoms with E-state index in [9.17, 15) is 19.5 Å². The minimum Gasteiger partial charge on any atom is -0.479 e. The second-order valence-corrected chi connectivity index (χ2v) is 6.90. The predicted molar refractivity (Wildman–Crippen MR) is 89.6 cm³/mol. The Morgan fingerprint density at radius 1 is 1.46 bits per heavy atom. The lowest BCUT2D eigenvalue weighted by Gasteiger charge is -2.31. The molecule has 0 radical (unpaired) electrons. The maximum absolute atomic E-state index is 12.5. The number of hydrogen-bond donors (Lipinski definition) is 1. The monoisotopic (exact) mass is 360 g/mol. The molecule has 4 atom stereocenters. The molecule has 3 aliphatic rings. The third kappa shape index (κ3) is 2.88. The van der Waals surface area contributed by atoms with Crippen molar-refractivity contribution in [1.82, 2.24) is 0 Å². The van der Waals surface area contributed by atoms with Crippen LogP contribution in [0.5, 0.6) is 0 Å². The average molecular weight is 360 g/mol. The maximum atomic E-state index is 12.5. The molecule has 0 aromatic rings. The first kappa shape index (κ1) is 18.1. The number of rotatable bonds is 3. The van der Waals surface area contributed by atoms with Crippen LogP contribution in [-0.2, 0) is 28.6 Å². The predicted octanol–water partition coefficient (Wildman–Crippen LogP) is 1.14. The minimum atomic E-state index is -1.29. The van der Waals surface area contributed by atoms with Crippen LogP contribution in [-0.4, -0.2) is 47.2 Å². The Balaban J connectivity index is 2.09. The van der Waals surface area contributed by atoms with Gasteiger partial charge in [-0.25, -0.2) is 9.59 Å². The third-order valence-electron chi connectivity index (χ3n) is 4.83. The maximum Gasteiger partial charge on any atom is 0.334 e. The van der Waals surface area contributed by atoms with Crippen LogP contribution >= 0.6 is 0 Å². The fourth-order valence-electron chi connectivity index (χ4n) is 3.35. The van der Waals surface area contributed by atoms with Crippen molar-refractivity contribution in [2.24, 2.45) is 5.92 Å². The molecule has 3 heterocycles. The summed E-state index contributed by atoms with van der Waals surface area (Å²) in [6.07, 6.45) is 1.14. The zero-order valence-corrected chi connectivity index (χ0v) is 14.6. The Morgan fingerprint density at radius 3 is 2.77 bits per heavy atom. The molecule has 0 saturated carbocycles. The van der Waals surface area contributed by atoms with Gasteiger partial charge in [0.1, 0.15) is 18.0 Å². The van der Waals surface area contributed by atoms with Crippen molar-refractivity contribution < 1.29 is 33.7 Å². The Bertz CT molecular complexity index is 788. The number of esters is 2. The van der Waals surface area contributed by atoms with Gasteiger partial charge in [-0.15, -0.1) is 0 Å². The van der Waals surface area contributed by atoms with Crippen LogP contribution in [0.1, 0.15) is 20.3 Å². The van der Waals surface area contributed by atoms with Gasteiger partial charge in [0.25, 0.3) is 0 Å². The van der Waals surface area contributed by atoms with E-state index < -0.39 is 42.3 Å². The number of aliphatic hydroxyl groups excluding tert-OH is 1. The molecule has 138 valence electrons. The largest absolute Gasteiger partial charge is 0.479 e. The zero-order valence-electron chi connectivity index (χ0n) is 14.6. The summed E-state index contributed by atoms with van der Waals surface area (Å²) >= 11 is 0. The third-order valence-corrected chi connectivity index (χ3v) is 4.83. The Kier molecular flexibility index (Phi) is 4.36. The van der Waals surface area contributed by atoms with Gasteiger partial charge in [-0.3, -0.25) is 4.79 Å². The highest BCUT2D eigenvalue weighted by molar-refractivity contribution is 6.00. The zero-order chi connectivity index (χ0) is 19.2. The smallest absolute Gasteiger partial charge is 0.334 e. The van der Waals surface area contributed by atoms with Gasteiger partial charge in [-0.05, 0) is 19.9 Å². The summed E-state index contributed by atoms with van der Waals surface area (Å²) in [4.78, 5) is 36.6. The van der Waals surface area contributed by atoms with E-state index in [1.54, 1.807) is 6.92 Å². The first-order valence-corrected chi connectivity index (χ1v) is 8.19. The molecule has 3 rings (SSSR count). The molecule has 0 aliphatic carbocycles. The number of carbonyl (C=O) groups is 3. The molecule has 1 saturated heterocycles. The normalized spacial score (nSPS) is 35.0. The van der Waals surface area contributed by atoms with Gasteiger partial charge in [-0.1, -0.05) is 13.2 Å². The van der Waals surface area contributed by atoms with Crippen LogP contribution in [0.25, 0.3) is 0 Å². The molecule has 26 heavy (non-hydrogen) atoms. The van der Waals surface area contributed by atoms with E-state index in [2.05, 4.69) is 13.2 Å². The van der Waals surface area contributed by atoms with Crippen molar-refractivity contribution in [3.63, 3.8) is 0 Å². The summed E-state index contributed by atoms with van der Waals surface area (Å²) in [7, 11) is 0. The first-order valence-electron chi connectivity index (χ1n) is 8.19. The van der Waals surface area contributed by atoms with Crippen molar-refractivity contribution in [3.05, 3.63) is 47.8 Å². The van der Waals surface area contributed by atoms with Gasteiger partial charge < -0.3 is 19.3 Å². The second-order valence-electron chi connectivity index (χ2n) is 6.90. The molecular formula is C19H20O7. The van der Waals surface area contributed by atoms with Crippen LogP contribution in [0.15, 0.2) is 47.8 Å². The van der Waals surface area contributed by atoms with E-state index >= 15 is 0 Å². The summed E-state index contributed by atoms with van der Waals surface area (Å²) in [5, 5.41) is 9.67. The molecule has 7 heteroatoms. The lowest BCUT2D eigenvalue weighted by molar-refractivity contribution is -0.153. The number of hydrogen-bond acceptors (Lipinski definition) is 7. The summed E-state index contributed by atoms with van der Waals surface area (Å²) in [5.41, 5.74) is -0.631. The Morgan fingerprint density at radius 2 is 2.15 bits per heavy atom. The number of aliphatic hydroxyl groups is 1. The van der Waals surface area contributed by atoms with Crippen molar-refractivity contribution >= 4 is 17.7 Å². The first-order chi connectivity index (χ1) is 12.2. The summed E-state index contributed by atoms with van der Waals surface area (Å²) in [6, 6.07) is 0. The van der Waals surface area contributed by atoms with E-state index in [0.717, 1.165) is 0 Å². The van der Waals surface area contributed by atoms with E-state index in [4.69, 9.17) is 14.2 Å². The van der Waals surface area contributed by atoms with Crippen molar-refractivity contribution in [2.75, 3.05) is 6.61 Å². The van der Waals surface area contributed by atoms with Crippen LogP contribution in [0.3, 0.4) is 0 Å². The average Bonchev–Trinajstić information content (AvgIpc) is 3.01. The van der Waals surface area contributed by atoms with Gasteiger partial charge in [0.15, 0.2) is 5.60 Å². The Labute approximate surface area is 150 Å². The molecule has 0 aromatic carbocycles. The van der Waals surface area contributed by atoms with E-state index in [1.807, 2.05) is 0 Å². The van der Waals surface area contributed by atoms with Crippen LogP contribution in [0.2, 0.25) is 0 Å². The highest BCUT2D eigenvalue weighted by Gasteiger charge is 2.52. The molecule has 1 N–H and O–H groups in total. The minimum absolute atomic E-state index is 0.00816. The SMILES string of the molecule is C=C(C)C(=O)O[C@H]1C[C@@]2(C)OC(=CC2=O)/C(CO)=C\[C@H]2OC(=O)C(=C)[C@@H]12. The van der Waals surface area contributed by atoms with Gasteiger partial charge in [0.2, 0.25) is 5.78 Å². The summed E-state index contributed by atoms with van der Waals surface area (Å²) < 4.78 is 16.6. The number of fused-ring (bicyclic) bond motifs is 3. The van der Waals surface area contributed by atoms with Crippen molar-refractivity contribution in [3.8, 4) is 0 Å². The molecular weight excluding hydrogens is 340 g/mol. The molecule has 3 aliphatic heterocycles. The Hall–Kier alpha value is -2.67. The van der Waals surface area contributed by atoms with Crippen LogP contribution < -0.4 is 0 Å². The molecule has 0 spiro atoms. The lowest BCUT2D eigenvalue weighted by atomic mass is 9.82. The molecule has 2 bridgehead atoms. The molecule has 1 fully saturated rings. The van der Waals surface area contributed by atoms with Crippen LogP contribution in [0.4, 0.5) is 0 Å². The number of ketones is 1. The molecule has 7 nitrogen and oxygen atoms in total. The highest BCUT2D eigenvalue weighted by atomic mass is 16.6.